The van der Waals surface area contributed by atoms with Crippen molar-refractivity contribution in [1.29, 1.82) is 0 Å². The maximum Gasteiger partial charge on any atom is 0.182 e. The Bertz CT molecular complexity index is 338. The van der Waals surface area contributed by atoms with Crippen molar-refractivity contribution in [3.63, 3.8) is 0 Å². The molecule has 1 aromatic rings. The van der Waals surface area contributed by atoms with Crippen LogP contribution in [0.3, 0.4) is 0 Å². The van der Waals surface area contributed by atoms with Crippen LogP contribution in [0, 0.1) is 11.6 Å². The van der Waals surface area contributed by atoms with Crippen LogP contribution in [0.1, 0.15) is 12.0 Å². The molecule has 0 aliphatic rings. The summed E-state index contributed by atoms with van der Waals surface area (Å²) in [7, 11) is 3.37. The first-order chi connectivity index (χ1) is 7.06. The van der Waals surface area contributed by atoms with Crippen LogP contribution in [-0.2, 0) is 6.42 Å². The number of rotatable bonds is 4. The first-order valence-electron chi connectivity index (χ1n) is 4.91. The second-order valence-corrected chi connectivity index (χ2v) is 3.70. The zero-order chi connectivity index (χ0) is 11.4. The Balaban J connectivity index is 3.00. The molecule has 0 amide bonds. The van der Waals surface area contributed by atoms with Gasteiger partial charge in [-0.05, 0) is 37.1 Å². The van der Waals surface area contributed by atoms with Crippen molar-refractivity contribution in [2.45, 2.75) is 12.8 Å². The number of halogens is 2. The van der Waals surface area contributed by atoms with Gasteiger partial charge in [0.2, 0.25) is 0 Å². The maximum absolute atomic E-state index is 13.3. The standard InChI is InChI=1S/C11H16F2N2/c1-15(2)10-7-8(4-3-5-14)6-9(12)11(10)13/h6-7H,3-5,14H2,1-2H3. The molecule has 0 aliphatic heterocycles. The third kappa shape index (κ3) is 2.89. The number of aryl methyl sites for hydroxylation is 1. The highest BCUT2D eigenvalue weighted by molar-refractivity contribution is 5.49. The van der Waals surface area contributed by atoms with E-state index in [-0.39, 0.29) is 5.69 Å². The predicted molar refractivity (Wildman–Crippen MR) is 58.1 cm³/mol. The molecule has 0 radical (unpaired) electrons. The molecule has 2 nitrogen and oxygen atoms in total. The molecule has 0 heterocycles. The average Bonchev–Trinajstić information content (AvgIpc) is 2.19. The van der Waals surface area contributed by atoms with E-state index in [1.165, 1.54) is 6.07 Å². The highest BCUT2D eigenvalue weighted by Crippen LogP contribution is 2.22. The number of hydrogen-bond acceptors (Lipinski definition) is 2. The summed E-state index contributed by atoms with van der Waals surface area (Å²) in [6.45, 7) is 0.552. The summed E-state index contributed by atoms with van der Waals surface area (Å²) >= 11 is 0. The van der Waals surface area contributed by atoms with Gasteiger partial charge in [-0.15, -0.1) is 0 Å². The normalized spacial score (nSPS) is 10.5. The molecule has 2 N–H and O–H groups in total. The van der Waals surface area contributed by atoms with Crippen LogP contribution >= 0.6 is 0 Å². The van der Waals surface area contributed by atoms with Gasteiger partial charge in [-0.25, -0.2) is 8.78 Å². The van der Waals surface area contributed by atoms with Crippen LogP contribution in [-0.4, -0.2) is 20.6 Å². The SMILES string of the molecule is CN(C)c1cc(CCCN)cc(F)c1F. The summed E-state index contributed by atoms with van der Waals surface area (Å²) < 4.78 is 26.5. The topological polar surface area (TPSA) is 29.3 Å². The van der Waals surface area contributed by atoms with E-state index in [0.717, 1.165) is 12.0 Å². The smallest absolute Gasteiger partial charge is 0.182 e. The van der Waals surface area contributed by atoms with E-state index in [4.69, 9.17) is 5.73 Å². The van der Waals surface area contributed by atoms with Gasteiger partial charge in [-0.3, -0.25) is 0 Å². The summed E-state index contributed by atoms with van der Waals surface area (Å²) in [5.41, 5.74) is 6.42. The van der Waals surface area contributed by atoms with E-state index in [2.05, 4.69) is 0 Å². The summed E-state index contributed by atoms with van der Waals surface area (Å²) in [5, 5.41) is 0. The van der Waals surface area contributed by atoms with Gasteiger partial charge in [0.05, 0.1) is 5.69 Å². The first-order valence-corrected chi connectivity index (χ1v) is 4.91. The minimum atomic E-state index is -0.798. The lowest BCUT2D eigenvalue weighted by atomic mass is 10.1. The van der Waals surface area contributed by atoms with E-state index in [1.807, 2.05) is 0 Å². The highest BCUT2D eigenvalue weighted by atomic mass is 19.2. The van der Waals surface area contributed by atoms with Gasteiger partial charge in [-0.2, -0.15) is 0 Å². The number of hydrogen-bond donors (Lipinski definition) is 1. The third-order valence-electron chi connectivity index (χ3n) is 2.22. The summed E-state index contributed by atoms with van der Waals surface area (Å²) in [6.07, 6.45) is 1.45. The van der Waals surface area contributed by atoms with E-state index in [0.29, 0.717) is 13.0 Å². The van der Waals surface area contributed by atoms with Crippen LogP contribution in [0.4, 0.5) is 14.5 Å². The molecule has 0 aromatic heterocycles. The van der Waals surface area contributed by atoms with E-state index < -0.39 is 11.6 Å². The third-order valence-corrected chi connectivity index (χ3v) is 2.22. The Morgan fingerprint density at radius 3 is 2.47 bits per heavy atom. The van der Waals surface area contributed by atoms with E-state index in [9.17, 15) is 8.78 Å². The molecule has 0 saturated heterocycles. The van der Waals surface area contributed by atoms with E-state index in [1.54, 1.807) is 25.1 Å². The summed E-state index contributed by atoms with van der Waals surface area (Å²) in [5.74, 6) is -1.59. The lowest BCUT2D eigenvalue weighted by molar-refractivity contribution is 0.507. The molecule has 0 spiro atoms. The van der Waals surface area contributed by atoms with Gasteiger partial charge >= 0.3 is 0 Å². The largest absolute Gasteiger partial charge is 0.375 e. The van der Waals surface area contributed by atoms with Crippen LogP contribution in [0.5, 0.6) is 0 Å². The highest BCUT2D eigenvalue weighted by Gasteiger charge is 2.11. The number of benzene rings is 1. The Labute approximate surface area is 88.7 Å². The second kappa shape index (κ2) is 5.07. The van der Waals surface area contributed by atoms with Crippen molar-refractivity contribution >= 4 is 5.69 Å². The van der Waals surface area contributed by atoms with Crippen molar-refractivity contribution < 1.29 is 8.78 Å². The van der Waals surface area contributed by atoms with Gasteiger partial charge in [0.15, 0.2) is 11.6 Å². The van der Waals surface area contributed by atoms with Gasteiger partial charge in [0.25, 0.3) is 0 Å². The average molecular weight is 214 g/mol. The lowest BCUT2D eigenvalue weighted by Crippen LogP contribution is -2.12. The fourth-order valence-corrected chi connectivity index (χ4v) is 1.41. The second-order valence-electron chi connectivity index (χ2n) is 3.70. The Kier molecular flexibility index (Phi) is 4.03. The molecule has 84 valence electrons. The van der Waals surface area contributed by atoms with Crippen molar-refractivity contribution in [1.82, 2.24) is 0 Å². The minimum absolute atomic E-state index is 0.280. The molecule has 0 aliphatic carbocycles. The Hall–Kier alpha value is -1.16. The Morgan fingerprint density at radius 1 is 1.27 bits per heavy atom. The zero-order valence-electron chi connectivity index (χ0n) is 9.06. The molecule has 4 heteroatoms. The van der Waals surface area contributed by atoms with Crippen molar-refractivity contribution in [3.05, 3.63) is 29.3 Å². The fourth-order valence-electron chi connectivity index (χ4n) is 1.41. The van der Waals surface area contributed by atoms with E-state index >= 15 is 0 Å². The van der Waals surface area contributed by atoms with Crippen LogP contribution in [0.15, 0.2) is 12.1 Å². The van der Waals surface area contributed by atoms with Gasteiger partial charge in [0.1, 0.15) is 0 Å². The molecule has 0 fully saturated rings. The van der Waals surface area contributed by atoms with Crippen LogP contribution in [0.25, 0.3) is 0 Å². The molecular formula is C11H16F2N2. The fraction of sp³-hybridized carbons (Fsp3) is 0.455. The molecule has 0 saturated carbocycles. The van der Waals surface area contributed by atoms with Crippen molar-refractivity contribution in [2.75, 3.05) is 25.5 Å². The van der Waals surface area contributed by atoms with Gasteiger partial charge in [0, 0.05) is 14.1 Å². The minimum Gasteiger partial charge on any atom is -0.375 e. The molecule has 0 atom stereocenters. The first kappa shape index (κ1) is 11.9. The van der Waals surface area contributed by atoms with Crippen LogP contribution < -0.4 is 10.6 Å². The molecule has 15 heavy (non-hydrogen) atoms. The summed E-state index contributed by atoms with van der Waals surface area (Å²) in [6, 6.07) is 2.89. The lowest BCUT2D eigenvalue weighted by Gasteiger charge is -2.15. The van der Waals surface area contributed by atoms with Gasteiger partial charge in [-0.1, -0.05) is 0 Å². The van der Waals surface area contributed by atoms with Gasteiger partial charge < -0.3 is 10.6 Å². The quantitative estimate of drug-likeness (QED) is 0.829. The predicted octanol–water partition coefficient (Wildman–Crippen LogP) is 1.92. The molecular weight excluding hydrogens is 198 g/mol. The van der Waals surface area contributed by atoms with Crippen molar-refractivity contribution in [3.8, 4) is 0 Å². The number of nitrogens with two attached hydrogens (primary N) is 1. The molecule has 1 aromatic carbocycles. The number of nitrogens with zero attached hydrogens (tertiary/aromatic N) is 1. The summed E-state index contributed by atoms with van der Waals surface area (Å²) in [4.78, 5) is 1.56. The number of anilines is 1. The monoisotopic (exact) mass is 214 g/mol. The molecule has 1 rings (SSSR count). The van der Waals surface area contributed by atoms with Crippen LogP contribution in [0.2, 0.25) is 0 Å². The molecule has 0 bridgehead atoms. The Morgan fingerprint density at radius 2 is 1.93 bits per heavy atom. The molecule has 0 unspecified atom stereocenters. The maximum atomic E-state index is 13.3. The zero-order valence-corrected chi connectivity index (χ0v) is 9.06. The van der Waals surface area contributed by atoms with Crippen molar-refractivity contribution in [2.24, 2.45) is 5.73 Å².